The molecule has 0 spiro atoms. The summed E-state index contributed by atoms with van der Waals surface area (Å²) in [5.74, 6) is -0.108. The summed E-state index contributed by atoms with van der Waals surface area (Å²) >= 11 is 0. The lowest BCUT2D eigenvalue weighted by atomic mass is 10.1. The van der Waals surface area contributed by atoms with E-state index in [1.807, 2.05) is 27.7 Å². The molecule has 1 atom stereocenters. The molecule has 0 aromatic carbocycles. The number of imidazole rings is 1. The van der Waals surface area contributed by atoms with Crippen LogP contribution >= 0.6 is 0 Å². The number of piperidine rings is 1. The molecule has 1 saturated heterocycles. The smallest absolute Gasteiger partial charge is 0.410 e. The van der Waals surface area contributed by atoms with Gasteiger partial charge in [-0.05, 0) is 40.5 Å². The van der Waals surface area contributed by atoms with Crippen molar-refractivity contribution in [1.29, 1.82) is 0 Å². The second kappa shape index (κ2) is 7.86. The second-order valence-corrected chi connectivity index (χ2v) is 7.44. The van der Waals surface area contributed by atoms with Gasteiger partial charge in [0, 0.05) is 25.7 Å². The first-order valence-electron chi connectivity index (χ1n) is 8.67. The fraction of sp³-hybridized carbons (Fsp3) is 0.706. The van der Waals surface area contributed by atoms with Crippen LogP contribution in [0.1, 0.15) is 45.0 Å². The first kappa shape index (κ1) is 19.2. The van der Waals surface area contributed by atoms with Gasteiger partial charge in [0.25, 0.3) is 0 Å². The number of aromatic nitrogens is 2. The SMILES string of the molecule is Cc1ncn(CC(=O)NC2CCCN(C(=O)OC(C)(C)C)C2)c1CN. The number of carbonyl (C=O) groups is 2. The highest BCUT2D eigenvalue weighted by Gasteiger charge is 2.28. The van der Waals surface area contributed by atoms with Gasteiger partial charge >= 0.3 is 6.09 Å². The van der Waals surface area contributed by atoms with Crippen molar-refractivity contribution in [3.63, 3.8) is 0 Å². The highest BCUT2D eigenvalue weighted by atomic mass is 16.6. The topological polar surface area (TPSA) is 102 Å². The fourth-order valence-corrected chi connectivity index (χ4v) is 2.92. The Kier molecular flexibility index (Phi) is 6.05. The maximum absolute atomic E-state index is 12.3. The average Bonchev–Trinajstić information content (AvgIpc) is 2.85. The number of hydrogen-bond acceptors (Lipinski definition) is 5. The minimum Gasteiger partial charge on any atom is -0.444 e. The van der Waals surface area contributed by atoms with Crippen LogP contribution in [0.4, 0.5) is 4.79 Å². The first-order valence-corrected chi connectivity index (χ1v) is 8.67. The molecule has 2 amide bonds. The summed E-state index contributed by atoms with van der Waals surface area (Å²) in [6, 6.07) is -0.0697. The molecule has 3 N–H and O–H groups in total. The van der Waals surface area contributed by atoms with Crippen molar-refractivity contribution in [2.24, 2.45) is 5.73 Å². The van der Waals surface area contributed by atoms with Crippen LogP contribution < -0.4 is 11.1 Å². The third-order valence-corrected chi connectivity index (χ3v) is 4.10. The van der Waals surface area contributed by atoms with E-state index >= 15 is 0 Å². The summed E-state index contributed by atoms with van der Waals surface area (Å²) in [4.78, 5) is 30.4. The zero-order valence-electron chi connectivity index (χ0n) is 15.5. The minimum atomic E-state index is -0.523. The van der Waals surface area contributed by atoms with Crippen molar-refractivity contribution >= 4 is 12.0 Å². The molecule has 1 aromatic rings. The number of ether oxygens (including phenoxy) is 1. The van der Waals surface area contributed by atoms with Crippen molar-refractivity contribution in [2.45, 2.75) is 65.3 Å². The molecule has 1 aromatic heterocycles. The van der Waals surface area contributed by atoms with Crippen molar-refractivity contribution in [2.75, 3.05) is 13.1 Å². The summed E-state index contributed by atoms with van der Waals surface area (Å²) < 4.78 is 7.17. The number of rotatable bonds is 4. The lowest BCUT2D eigenvalue weighted by Crippen LogP contribution is -2.51. The van der Waals surface area contributed by atoms with E-state index in [0.717, 1.165) is 24.2 Å². The predicted octanol–water partition coefficient (Wildman–Crippen LogP) is 1.17. The lowest BCUT2D eigenvalue weighted by molar-refractivity contribution is -0.122. The van der Waals surface area contributed by atoms with E-state index in [0.29, 0.717) is 19.6 Å². The van der Waals surface area contributed by atoms with E-state index < -0.39 is 5.60 Å². The van der Waals surface area contributed by atoms with Gasteiger partial charge in [-0.15, -0.1) is 0 Å². The Labute approximate surface area is 148 Å². The van der Waals surface area contributed by atoms with Crippen LogP contribution in [0.25, 0.3) is 0 Å². The fourth-order valence-electron chi connectivity index (χ4n) is 2.92. The molecule has 2 rings (SSSR count). The zero-order chi connectivity index (χ0) is 18.6. The second-order valence-electron chi connectivity index (χ2n) is 7.44. The van der Waals surface area contributed by atoms with Gasteiger partial charge in [0.15, 0.2) is 0 Å². The monoisotopic (exact) mass is 351 g/mol. The molecular formula is C17H29N5O3. The van der Waals surface area contributed by atoms with Gasteiger partial charge in [0.1, 0.15) is 12.1 Å². The van der Waals surface area contributed by atoms with Crippen LogP contribution in [0.15, 0.2) is 6.33 Å². The van der Waals surface area contributed by atoms with Crippen LogP contribution in [-0.2, 0) is 22.6 Å². The van der Waals surface area contributed by atoms with Crippen LogP contribution in [0.2, 0.25) is 0 Å². The van der Waals surface area contributed by atoms with Crippen LogP contribution in [0.3, 0.4) is 0 Å². The minimum absolute atomic E-state index is 0.0697. The maximum atomic E-state index is 12.3. The largest absolute Gasteiger partial charge is 0.444 e. The number of aryl methyl sites for hydroxylation is 1. The quantitative estimate of drug-likeness (QED) is 0.847. The van der Waals surface area contributed by atoms with Gasteiger partial charge in [0.2, 0.25) is 5.91 Å². The van der Waals surface area contributed by atoms with E-state index in [1.54, 1.807) is 15.8 Å². The number of nitrogens with one attached hydrogen (secondary N) is 1. The van der Waals surface area contributed by atoms with Gasteiger partial charge in [0.05, 0.1) is 17.7 Å². The highest BCUT2D eigenvalue weighted by Crippen LogP contribution is 2.15. The third kappa shape index (κ3) is 5.45. The Morgan fingerprint density at radius 3 is 2.80 bits per heavy atom. The number of hydrogen-bond donors (Lipinski definition) is 2. The van der Waals surface area contributed by atoms with Crippen LogP contribution in [-0.4, -0.2) is 51.2 Å². The van der Waals surface area contributed by atoms with Gasteiger partial charge in [-0.25, -0.2) is 9.78 Å². The Morgan fingerprint density at radius 2 is 2.16 bits per heavy atom. The number of nitrogens with two attached hydrogens (primary N) is 1. The van der Waals surface area contributed by atoms with Crippen molar-refractivity contribution in [3.05, 3.63) is 17.7 Å². The zero-order valence-corrected chi connectivity index (χ0v) is 15.5. The molecule has 0 saturated carbocycles. The van der Waals surface area contributed by atoms with Crippen LogP contribution in [0, 0.1) is 6.92 Å². The molecule has 0 bridgehead atoms. The van der Waals surface area contributed by atoms with Crippen LogP contribution in [0.5, 0.6) is 0 Å². The molecule has 140 valence electrons. The third-order valence-electron chi connectivity index (χ3n) is 4.10. The van der Waals surface area contributed by atoms with E-state index in [2.05, 4.69) is 10.3 Å². The Balaban J connectivity index is 1.89. The Hall–Kier alpha value is -2.09. The molecule has 1 fully saturated rings. The van der Waals surface area contributed by atoms with E-state index in [1.165, 1.54) is 0 Å². The summed E-state index contributed by atoms with van der Waals surface area (Å²) in [6.07, 6.45) is 2.98. The summed E-state index contributed by atoms with van der Waals surface area (Å²) in [7, 11) is 0. The van der Waals surface area contributed by atoms with E-state index in [-0.39, 0.29) is 24.6 Å². The predicted molar refractivity (Wildman–Crippen MR) is 93.8 cm³/mol. The number of carbonyl (C=O) groups excluding carboxylic acids is 2. The Morgan fingerprint density at radius 1 is 1.44 bits per heavy atom. The lowest BCUT2D eigenvalue weighted by Gasteiger charge is -2.34. The van der Waals surface area contributed by atoms with Crippen molar-refractivity contribution in [1.82, 2.24) is 19.8 Å². The molecule has 0 radical (unpaired) electrons. The molecule has 1 aliphatic heterocycles. The molecule has 25 heavy (non-hydrogen) atoms. The highest BCUT2D eigenvalue weighted by molar-refractivity contribution is 5.76. The number of amides is 2. The number of nitrogens with zero attached hydrogens (tertiary/aromatic N) is 3. The molecular weight excluding hydrogens is 322 g/mol. The average molecular weight is 351 g/mol. The Bertz CT molecular complexity index is 620. The summed E-state index contributed by atoms with van der Waals surface area (Å²) in [5, 5.41) is 3.00. The van der Waals surface area contributed by atoms with Gasteiger partial charge in [-0.1, -0.05) is 0 Å². The van der Waals surface area contributed by atoms with Crippen molar-refractivity contribution < 1.29 is 14.3 Å². The number of likely N-dealkylation sites (tertiary alicyclic amines) is 1. The van der Waals surface area contributed by atoms with Gasteiger partial charge < -0.3 is 25.3 Å². The molecule has 0 aliphatic carbocycles. The molecule has 1 aliphatic rings. The van der Waals surface area contributed by atoms with E-state index in [4.69, 9.17) is 10.5 Å². The molecule has 8 heteroatoms. The molecule has 2 heterocycles. The molecule has 1 unspecified atom stereocenters. The summed E-state index contributed by atoms with van der Waals surface area (Å²) in [5.41, 5.74) is 6.88. The normalized spacial score (nSPS) is 18.1. The standard InChI is InChI=1S/C17H29N5O3/c1-12-14(8-18)22(11-19-12)10-15(23)20-13-6-5-7-21(9-13)16(24)25-17(2,3)4/h11,13H,5-10,18H2,1-4H3,(H,20,23). The maximum Gasteiger partial charge on any atom is 0.410 e. The van der Waals surface area contributed by atoms with E-state index in [9.17, 15) is 9.59 Å². The molecule has 8 nitrogen and oxygen atoms in total. The first-order chi connectivity index (χ1) is 11.7. The van der Waals surface area contributed by atoms with Crippen molar-refractivity contribution in [3.8, 4) is 0 Å². The summed E-state index contributed by atoms with van der Waals surface area (Å²) in [6.45, 7) is 9.04. The van der Waals surface area contributed by atoms with Gasteiger partial charge in [-0.3, -0.25) is 4.79 Å². The van der Waals surface area contributed by atoms with Gasteiger partial charge in [-0.2, -0.15) is 0 Å².